The van der Waals surface area contributed by atoms with E-state index in [-0.39, 0.29) is 31.1 Å². The summed E-state index contributed by atoms with van der Waals surface area (Å²) in [6.07, 6.45) is 68.1. The van der Waals surface area contributed by atoms with Crippen LogP contribution in [0.15, 0.2) is 24.3 Å². The molecule has 1 unspecified atom stereocenters. The first-order valence-electron chi connectivity index (χ1n) is 30.3. The second kappa shape index (κ2) is 57.5. The van der Waals surface area contributed by atoms with E-state index in [2.05, 4.69) is 45.1 Å². The van der Waals surface area contributed by atoms with E-state index in [9.17, 15) is 14.4 Å². The lowest BCUT2D eigenvalue weighted by Gasteiger charge is -2.18. The molecule has 0 aromatic heterocycles. The summed E-state index contributed by atoms with van der Waals surface area (Å²) in [5.74, 6) is -0.873. The van der Waals surface area contributed by atoms with E-state index in [1.54, 1.807) is 0 Å². The standard InChI is InChI=1S/C62H116O6/c1-4-7-10-13-16-18-20-21-22-23-24-25-26-27-28-29-30-31-32-33-34-35-36-37-38-39-40-41-42-44-46-49-52-55-61(64)67-58-59(57-66-60(63)54-51-48-45-15-12-9-6-3)68-62(65)56-53-50-47-43-19-17-14-11-8-5-2/h11,14,23-24,59H,4-10,12-13,15-22,25-58H2,1-3H3/b14-11-,24-23-. The molecule has 0 rings (SSSR count). The molecule has 0 fully saturated rings. The van der Waals surface area contributed by atoms with Gasteiger partial charge in [-0.25, -0.2) is 0 Å². The second-order valence-corrected chi connectivity index (χ2v) is 20.6. The monoisotopic (exact) mass is 957 g/mol. The molecule has 0 radical (unpaired) electrons. The molecule has 6 nitrogen and oxygen atoms in total. The van der Waals surface area contributed by atoms with Crippen molar-refractivity contribution in [2.75, 3.05) is 13.2 Å². The summed E-state index contributed by atoms with van der Waals surface area (Å²) in [6, 6.07) is 0. The van der Waals surface area contributed by atoms with Crippen LogP contribution in [0.1, 0.15) is 335 Å². The van der Waals surface area contributed by atoms with Crippen LogP contribution in [0.5, 0.6) is 0 Å². The highest BCUT2D eigenvalue weighted by Gasteiger charge is 2.19. The topological polar surface area (TPSA) is 78.9 Å². The Labute approximate surface area is 423 Å². The zero-order valence-corrected chi connectivity index (χ0v) is 45.9. The Bertz CT molecular complexity index is 1100. The Balaban J connectivity index is 3.86. The number of ether oxygens (including phenoxy) is 3. The van der Waals surface area contributed by atoms with Gasteiger partial charge in [0.15, 0.2) is 6.10 Å². The van der Waals surface area contributed by atoms with Crippen LogP contribution in [0.25, 0.3) is 0 Å². The van der Waals surface area contributed by atoms with E-state index >= 15 is 0 Å². The van der Waals surface area contributed by atoms with Crippen molar-refractivity contribution < 1.29 is 28.6 Å². The van der Waals surface area contributed by atoms with Gasteiger partial charge < -0.3 is 14.2 Å². The second-order valence-electron chi connectivity index (χ2n) is 20.6. The zero-order chi connectivity index (χ0) is 49.3. The van der Waals surface area contributed by atoms with Crippen molar-refractivity contribution in [3.63, 3.8) is 0 Å². The predicted molar refractivity (Wildman–Crippen MR) is 293 cm³/mol. The first-order chi connectivity index (χ1) is 33.5. The van der Waals surface area contributed by atoms with E-state index < -0.39 is 6.10 Å². The number of hydrogen-bond donors (Lipinski definition) is 0. The minimum Gasteiger partial charge on any atom is -0.462 e. The summed E-state index contributed by atoms with van der Waals surface area (Å²) >= 11 is 0. The largest absolute Gasteiger partial charge is 0.462 e. The molecule has 1 atom stereocenters. The summed E-state index contributed by atoms with van der Waals surface area (Å²) < 4.78 is 16.7. The Kier molecular flexibility index (Phi) is 55.7. The summed E-state index contributed by atoms with van der Waals surface area (Å²) in [5, 5.41) is 0. The van der Waals surface area contributed by atoms with Crippen molar-refractivity contribution in [1.29, 1.82) is 0 Å². The summed E-state index contributed by atoms with van der Waals surface area (Å²) in [4.78, 5) is 37.8. The van der Waals surface area contributed by atoms with Gasteiger partial charge in [0.2, 0.25) is 0 Å². The van der Waals surface area contributed by atoms with Crippen LogP contribution < -0.4 is 0 Å². The van der Waals surface area contributed by atoms with E-state index in [1.165, 1.54) is 218 Å². The molecule has 0 aromatic carbocycles. The average Bonchev–Trinajstić information content (AvgIpc) is 3.34. The third kappa shape index (κ3) is 54.8. The maximum atomic E-state index is 12.7. The number of rotatable bonds is 56. The van der Waals surface area contributed by atoms with Crippen LogP contribution in [-0.4, -0.2) is 37.2 Å². The Morgan fingerprint density at radius 2 is 0.515 bits per heavy atom. The van der Waals surface area contributed by atoms with Crippen LogP contribution in [0.3, 0.4) is 0 Å². The summed E-state index contributed by atoms with van der Waals surface area (Å²) in [5.41, 5.74) is 0. The van der Waals surface area contributed by atoms with Crippen LogP contribution in [0.4, 0.5) is 0 Å². The van der Waals surface area contributed by atoms with Crippen molar-refractivity contribution in [2.24, 2.45) is 0 Å². The van der Waals surface area contributed by atoms with E-state index in [4.69, 9.17) is 14.2 Å². The van der Waals surface area contributed by atoms with Gasteiger partial charge in [0.25, 0.3) is 0 Å². The fraction of sp³-hybridized carbons (Fsp3) is 0.887. The number of allylic oxidation sites excluding steroid dienone is 4. The molecule has 0 saturated heterocycles. The van der Waals surface area contributed by atoms with Gasteiger partial charge in [-0.3, -0.25) is 14.4 Å². The quantitative estimate of drug-likeness (QED) is 0.0262. The number of esters is 3. The molecular formula is C62H116O6. The first kappa shape index (κ1) is 65.9. The van der Waals surface area contributed by atoms with E-state index in [0.717, 1.165) is 77.0 Å². The normalized spacial score (nSPS) is 12.1. The molecule has 0 aliphatic rings. The van der Waals surface area contributed by atoms with E-state index in [1.807, 2.05) is 0 Å². The number of carbonyl (C=O) groups excluding carboxylic acids is 3. The van der Waals surface area contributed by atoms with Crippen molar-refractivity contribution >= 4 is 17.9 Å². The van der Waals surface area contributed by atoms with Crippen LogP contribution in [0.2, 0.25) is 0 Å². The highest BCUT2D eigenvalue weighted by molar-refractivity contribution is 5.71. The molecule has 6 heteroatoms. The van der Waals surface area contributed by atoms with Crippen LogP contribution in [0, 0.1) is 0 Å². The zero-order valence-electron chi connectivity index (χ0n) is 45.9. The molecule has 0 spiro atoms. The molecule has 0 saturated carbocycles. The Hall–Kier alpha value is -2.11. The molecule has 0 amide bonds. The molecule has 0 bridgehead atoms. The number of carbonyl (C=O) groups is 3. The van der Waals surface area contributed by atoms with Gasteiger partial charge in [-0.05, 0) is 64.2 Å². The Morgan fingerprint density at radius 1 is 0.279 bits per heavy atom. The molecule has 0 heterocycles. The molecule has 0 N–H and O–H groups in total. The maximum absolute atomic E-state index is 12.7. The minimum atomic E-state index is -0.767. The maximum Gasteiger partial charge on any atom is 0.306 e. The molecular weight excluding hydrogens is 841 g/mol. The van der Waals surface area contributed by atoms with Crippen molar-refractivity contribution in [3.8, 4) is 0 Å². The van der Waals surface area contributed by atoms with Gasteiger partial charge >= 0.3 is 17.9 Å². The predicted octanol–water partition coefficient (Wildman–Crippen LogP) is 20.3. The highest BCUT2D eigenvalue weighted by atomic mass is 16.6. The van der Waals surface area contributed by atoms with Gasteiger partial charge in [-0.1, -0.05) is 276 Å². The molecule has 0 aliphatic carbocycles. The highest BCUT2D eigenvalue weighted by Crippen LogP contribution is 2.17. The molecule has 400 valence electrons. The molecule has 0 aliphatic heterocycles. The van der Waals surface area contributed by atoms with Gasteiger partial charge in [0.1, 0.15) is 13.2 Å². The van der Waals surface area contributed by atoms with Gasteiger partial charge in [0, 0.05) is 19.3 Å². The smallest absolute Gasteiger partial charge is 0.306 e. The lowest BCUT2D eigenvalue weighted by molar-refractivity contribution is -0.167. The van der Waals surface area contributed by atoms with Crippen LogP contribution in [-0.2, 0) is 28.6 Å². The SMILES string of the molecule is CCC/C=C\CCCCCCCC(=O)OC(COC(=O)CCCCCCCCC)COC(=O)CCCCCCCCCCCCCCCCCCCCCCC/C=C\CCCCCCCCCC. The molecule has 68 heavy (non-hydrogen) atoms. The van der Waals surface area contributed by atoms with Crippen molar-refractivity contribution in [3.05, 3.63) is 24.3 Å². The molecule has 0 aromatic rings. The Morgan fingerprint density at radius 3 is 0.794 bits per heavy atom. The summed E-state index contributed by atoms with van der Waals surface area (Å²) in [6.45, 7) is 6.56. The fourth-order valence-corrected chi connectivity index (χ4v) is 9.09. The van der Waals surface area contributed by atoms with E-state index in [0.29, 0.717) is 19.3 Å². The van der Waals surface area contributed by atoms with Crippen molar-refractivity contribution in [2.45, 2.75) is 341 Å². The average molecular weight is 958 g/mol. The van der Waals surface area contributed by atoms with Crippen molar-refractivity contribution in [1.82, 2.24) is 0 Å². The van der Waals surface area contributed by atoms with Gasteiger partial charge in [-0.2, -0.15) is 0 Å². The lowest BCUT2D eigenvalue weighted by atomic mass is 10.0. The third-order valence-corrected chi connectivity index (χ3v) is 13.7. The van der Waals surface area contributed by atoms with Gasteiger partial charge in [0.05, 0.1) is 0 Å². The number of unbranched alkanes of at least 4 members (excludes halogenated alkanes) is 41. The minimum absolute atomic E-state index is 0.0703. The number of hydrogen-bond acceptors (Lipinski definition) is 6. The van der Waals surface area contributed by atoms with Gasteiger partial charge in [-0.15, -0.1) is 0 Å². The first-order valence-corrected chi connectivity index (χ1v) is 30.3. The van der Waals surface area contributed by atoms with Crippen LogP contribution >= 0.6 is 0 Å². The summed E-state index contributed by atoms with van der Waals surface area (Å²) in [7, 11) is 0. The third-order valence-electron chi connectivity index (χ3n) is 13.7. The lowest BCUT2D eigenvalue weighted by Crippen LogP contribution is -2.30. The fourth-order valence-electron chi connectivity index (χ4n) is 9.09.